The molecule has 0 aliphatic carbocycles. The first-order valence-electron chi connectivity index (χ1n) is 5.05. The fraction of sp³-hybridized carbons (Fsp3) is 0.154. The molecule has 0 saturated carbocycles. The van der Waals surface area contributed by atoms with Gasteiger partial charge in [-0.2, -0.15) is 0 Å². The van der Waals surface area contributed by atoms with Gasteiger partial charge in [-0.1, -0.05) is 35.3 Å². The molecule has 0 unspecified atom stereocenters. The topological polar surface area (TPSA) is 17.1 Å². The van der Waals surface area contributed by atoms with Gasteiger partial charge < -0.3 is 0 Å². The van der Waals surface area contributed by atoms with Gasteiger partial charge in [0.1, 0.15) is 0 Å². The highest BCUT2D eigenvalue weighted by Crippen LogP contribution is 2.30. The van der Waals surface area contributed by atoms with E-state index in [4.69, 9.17) is 23.2 Å². The Balaban J connectivity index is 2.44. The third kappa shape index (κ3) is 2.39. The summed E-state index contributed by atoms with van der Waals surface area (Å²) < 4.78 is 0. The van der Waals surface area contributed by atoms with Crippen LogP contribution in [0.15, 0.2) is 23.6 Å². The van der Waals surface area contributed by atoms with Crippen LogP contribution < -0.4 is 0 Å². The molecule has 0 radical (unpaired) electrons. The molecule has 1 aromatic heterocycles. The van der Waals surface area contributed by atoms with Crippen molar-refractivity contribution in [2.75, 3.05) is 0 Å². The fourth-order valence-corrected chi connectivity index (χ4v) is 2.87. The molecule has 0 saturated heterocycles. The van der Waals surface area contributed by atoms with Gasteiger partial charge >= 0.3 is 0 Å². The second-order valence-corrected chi connectivity index (χ2v) is 5.52. The minimum atomic E-state index is -0.0741. The van der Waals surface area contributed by atoms with Crippen molar-refractivity contribution in [3.05, 3.63) is 55.2 Å². The molecule has 4 heteroatoms. The summed E-state index contributed by atoms with van der Waals surface area (Å²) in [7, 11) is 0. The van der Waals surface area contributed by atoms with E-state index in [0.29, 0.717) is 20.5 Å². The molecule has 1 heterocycles. The summed E-state index contributed by atoms with van der Waals surface area (Å²) in [4.78, 5) is 12.8. The zero-order valence-corrected chi connectivity index (χ0v) is 11.7. The van der Waals surface area contributed by atoms with Crippen molar-refractivity contribution < 1.29 is 4.79 Å². The lowest BCUT2D eigenvalue weighted by Gasteiger charge is -2.02. The summed E-state index contributed by atoms with van der Waals surface area (Å²) in [5.74, 6) is -0.0741. The van der Waals surface area contributed by atoms with Gasteiger partial charge in [0.2, 0.25) is 5.78 Å². The van der Waals surface area contributed by atoms with Crippen molar-refractivity contribution in [3.8, 4) is 0 Å². The molecule has 1 aromatic carbocycles. The van der Waals surface area contributed by atoms with Crippen LogP contribution in [0, 0.1) is 13.8 Å². The van der Waals surface area contributed by atoms with Crippen LogP contribution in [0.4, 0.5) is 0 Å². The zero-order chi connectivity index (χ0) is 12.6. The number of hydrogen-bond donors (Lipinski definition) is 0. The number of ketones is 1. The Labute approximate surface area is 114 Å². The predicted octanol–water partition coefficient (Wildman–Crippen LogP) is 4.90. The summed E-state index contributed by atoms with van der Waals surface area (Å²) in [5, 5.41) is 3.02. The van der Waals surface area contributed by atoms with E-state index in [-0.39, 0.29) is 5.78 Å². The minimum Gasteiger partial charge on any atom is -0.288 e. The van der Waals surface area contributed by atoms with E-state index in [1.54, 1.807) is 12.1 Å². The molecule has 0 spiro atoms. The maximum absolute atomic E-state index is 12.2. The van der Waals surface area contributed by atoms with E-state index in [0.717, 1.165) is 11.1 Å². The number of carbonyl (C=O) groups is 1. The molecule has 88 valence electrons. The van der Waals surface area contributed by atoms with Crippen molar-refractivity contribution in [2.45, 2.75) is 13.8 Å². The first-order valence-corrected chi connectivity index (χ1v) is 6.68. The molecule has 2 aromatic rings. The quantitative estimate of drug-likeness (QED) is 0.717. The number of aryl methyl sites for hydroxylation is 2. The van der Waals surface area contributed by atoms with E-state index < -0.39 is 0 Å². The Morgan fingerprint density at radius 3 is 2.41 bits per heavy atom. The van der Waals surface area contributed by atoms with Gasteiger partial charge in [-0.3, -0.25) is 4.79 Å². The van der Waals surface area contributed by atoms with Crippen LogP contribution in [-0.4, -0.2) is 5.78 Å². The summed E-state index contributed by atoms with van der Waals surface area (Å²) in [6.45, 7) is 3.79. The molecular formula is C13H10Cl2OS. The highest BCUT2D eigenvalue weighted by molar-refractivity contribution is 7.13. The summed E-state index contributed by atoms with van der Waals surface area (Å²) in [6, 6.07) is 5.30. The maximum Gasteiger partial charge on any atom is 0.204 e. The van der Waals surface area contributed by atoms with Crippen molar-refractivity contribution in [1.82, 2.24) is 0 Å². The third-order valence-corrected chi connectivity index (χ3v) is 4.64. The maximum atomic E-state index is 12.2. The number of rotatable bonds is 2. The van der Waals surface area contributed by atoms with Crippen LogP contribution in [0.5, 0.6) is 0 Å². The molecular weight excluding hydrogens is 275 g/mol. The van der Waals surface area contributed by atoms with Gasteiger partial charge in [0.05, 0.1) is 9.90 Å². The average Bonchev–Trinajstić information content (AvgIpc) is 2.63. The smallest absolute Gasteiger partial charge is 0.204 e. The SMILES string of the molecule is Cc1ccc(C(=O)c2scc(C)c2Cl)cc1Cl. The molecule has 0 aliphatic rings. The summed E-state index contributed by atoms with van der Waals surface area (Å²) in [6.07, 6.45) is 0. The van der Waals surface area contributed by atoms with Gasteiger partial charge in [0, 0.05) is 10.6 Å². The van der Waals surface area contributed by atoms with Gasteiger partial charge in [0.25, 0.3) is 0 Å². The lowest BCUT2D eigenvalue weighted by Crippen LogP contribution is -1.99. The Hall–Kier alpha value is -0.830. The molecule has 0 fully saturated rings. The average molecular weight is 285 g/mol. The highest BCUT2D eigenvalue weighted by Gasteiger charge is 2.16. The Kier molecular flexibility index (Phi) is 3.57. The first-order chi connectivity index (χ1) is 8.00. The third-order valence-electron chi connectivity index (χ3n) is 2.54. The van der Waals surface area contributed by atoms with Crippen molar-refractivity contribution in [2.24, 2.45) is 0 Å². The largest absolute Gasteiger partial charge is 0.288 e. The standard InChI is InChI=1S/C13H10Cl2OS/c1-7-3-4-9(5-10(7)14)12(16)13-11(15)8(2)6-17-13/h3-6H,1-2H3. The van der Waals surface area contributed by atoms with Gasteiger partial charge in [-0.25, -0.2) is 0 Å². The van der Waals surface area contributed by atoms with Gasteiger partial charge in [0.15, 0.2) is 0 Å². The van der Waals surface area contributed by atoms with E-state index in [9.17, 15) is 4.79 Å². The second kappa shape index (κ2) is 4.81. The fourth-order valence-electron chi connectivity index (χ4n) is 1.45. The van der Waals surface area contributed by atoms with Crippen molar-refractivity contribution in [1.29, 1.82) is 0 Å². The van der Waals surface area contributed by atoms with Crippen LogP contribution in [-0.2, 0) is 0 Å². The monoisotopic (exact) mass is 284 g/mol. The molecule has 0 atom stereocenters. The number of halogens is 2. The zero-order valence-electron chi connectivity index (χ0n) is 9.38. The molecule has 0 N–H and O–H groups in total. The lowest BCUT2D eigenvalue weighted by molar-refractivity contribution is 0.104. The van der Waals surface area contributed by atoms with E-state index >= 15 is 0 Å². The van der Waals surface area contributed by atoms with Crippen LogP contribution in [0.25, 0.3) is 0 Å². The highest BCUT2D eigenvalue weighted by atomic mass is 35.5. The van der Waals surface area contributed by atoms with Crippen molar-refractivity contribution in [3.63, 3.8) is 0 Å². The Morgan fingerprint density at radius 1 is 1.18 bits per heavy atom. The first kappa shape index (κ1) is 12.6. The van der Waals surface area contributed by atoms with E-state index in [1.807, 2.05) is 25.3 Å². The molecule has 0 bridgehead atoms. The number of hydrogen-bond acceptors (Lipinski definition) is 2. The summed E-state index contributed by atoms with van der Waals surface area (Å²) in [5.41, 5.74) is 2.46. The number of carbonyl (C=O) groups excluding carboxylic acids is 1. The van der Waals surface area contributed by atoms with Crippen LogP contribution in [0.3, 0.4) is 0 Å². The predicted molar refractivity (Wildman–Crippen MR) is 73.7 cm³/mol. The van der Waals surface area contributed by atoms with Crippen LogP contribution >= 0.6 is 34.5 Å². The molecule has 2 rings (SSSR count). The Bertz CT molecular complexity index is 587. The van der Waals surface area contributed by atoms with Crippen molar-refractivity contribution >= 4 is 40.3 Å². The van der Waals surface area contributed by atoms with Crippen LogP contribution in [0.2, 0.25) is 10.0 Å². The minimum absolute atomic E-state index is 0.0741. The Morgan fingerprint density at radius 2 is 1.88 bits per heavy atom. The lowest BCUT2D eigenvalue weighted by atomic mass is 10.1. The van der Waals surface area contributed by atoms with E-state index in [1.165, 1.54) is 11.3 Å². The second-order valence-electron chi connectivity index (χ2n) is 3.85. The number of thiophene rings is 1. The van der Waals surface area contributed by atoms with Gasteiger partial charge in [-0.15, -0.1) is 11.3 Å². The van der Waals surface area contributed by atoms with Crippen LogP contribution in [0.1, 0.15) is 26.4 Å². The van der Waals surface area contributed by atoms with E-state index in [2.05, 4.69) is 0 Å². The molecule has 0 aliphatic heterocycles. The molecule has 17 heavy (non-hydrogen) atoms. The molecule has 0 amide bonds. The van der Waals surface area contributed by atoms with Gasteiger partial charge in [-0.05, 0) is 36.4 Å². The normalized spacial score (nSPS) is 10.6. The molecule has 1 nitrogen and oxygen atoms in total. The number of benzene rings is 1. The summed E-state index contributed by atoms with van der Waals surface area (Å²) >= 11 is 13.5.